The smallest absolute Gasteiger partial charge is 0.332 e. The van der Waals surface area contributed by atoms with Crippen molar-refractivity contribution in [3.8, 4) is 0 Å². The van der Waals surface area contributed by atoms with Crippen LogP contribution in [0.4, 0.5) is 5.82 Å². The second-order valence-corrected chi connectivity index (χ2v) is 4.17. The van der Waals surface area contributed by atoms with Crippen LogP contribution in [0.2, 0.25) is 0 Å². The molecule has 1 aliphatic rings. The number of nitrogens with two attached hydrogens (primary N) is 1. The quantitative estimate of drug-likeness (QED) is 0.550. The van der Waals surface area contributed by atoms with E-state index >= 15 is 0 Å². The molecular formula is C10H12N4O4. The van der Waals surface area contributed by atoms with Crippen molar-refractivity contribution < 1.29 is 9.59 Å². The molecule has 3 N–H and O–H groups in total. The van der Waals surface area contributed by atoms with Crippen molar-refractivity contribution in [2.75, 3.05) is 5.73 Å². The Balaban J connectivity index is 2.73. The number of rotatable bonds is 1. The van der Waals surface area contributed by atoms with Crippen LogP contribution >= 0.6 is 0 Å². The third-order valence-corrected chi connectivity index (χ3v) is 3.06. The number of nitrogens with one attached hydrogen (secondary N) is 1. The van der Waals surface area contributed by atoms with Gasteiger partial charge in [-0.3, -0.25) is 28.8 Å². The number of carbonyl (C=O) groups is 2. The number of nitrogen functional groups attached to an aromatic ring is 1. The van der Waals surface area contributed by atoms with Gasteiger partial charge in [-0.25, -0.2) is 4.79 Å². The van der Waals surface area contributed by atoms with Gasteiger partial charge in [-0.1, -0.05) is 0 Å². The van der Waals surface area contributed by atoms with Gasteiger partial charge in [0.15, 0.2) is 0 Å². The minimum Gasteiger partial charge on any atom is -0.385 e. The van der Waals surface area contributed by atoms with Gasteiger partial charge in [-0.2, -0.15) is 0 Å². The molecule has 8 heteroatoms. The summed E-state index contributed by atoms with van der Waals surface area (Å²) in [7, 11) is 2.69. The van der Waals surface area contributed by atoms with Crippen molar-refractivity contribution in [3.63, 3.8) is 0 Å². The fourth-order valence-corrected chi connectivity index (χ4v) is 2.00. The van der Waals surface area contributed by atoms with E-state index in [4.69, 9.17) is 5.73 Å². The van der Waals surface area contributed by atoms with Crippen LogP contribution in [0.25, 0.3) is 0 Å². The monoisotopic (exact) mass is 252 g/mol. The number of nitrogens with zero attached hydrogens (tertiary/aromatic N) is 2. The van der Waals surface area contributed by atoms with Crippen LogP contribution in [0.3, 0.4) is 0 Å². The Bertz CT molecular complexity index is 670. The van der Waals surface area contributed by atoms with Gasteiger partial charge in [-0.15, -0.1) is 0 Å². The molecule has 1 saturated heterocycles. The average molecular weight is 252 g/mol. The van der Waals surface area contributed by atoms with Gasteiger partial charge in [0.05, 0.1) is 11.5 Å². The van der Waals surface area contributed by atoms with Crippen LogP contribution in [-0.4, -0.2) is 20.9 Å². The van der Waals surface area contributed by atoms with Gasteiger partial charge in [0, 0.05) is 20.5 Å². The average Bonchev–Trinajstić information content (AvgIpc) is 2.64. The SMILES string of the molecule is Cn1c(N)c(C2CC(=O)NC2=O)c(=O)n(C)c1=O. The molecule has 0 aromatic carbocycles. The lowest BCUT2D eigenvalue weighted by molar-refractivity contribution is -0.125. The van der Waals surface area contributed by atoms with Gasteiger partial charge < -0.3 is 5.73 Å². The molecule has 0 radical (unpaired) electrons. The normalized spacial score (nSPS) is 19.1. The Morgan fingerprint density at radius 3 is 2.28 bits per heavy atom. The Morgan fingerprint density at radius 2 is 1.78 bits per heavy atom. The minimum atomic E-state index is -0.928. The lowest BCUT2D eigenvalue weighted by Crippen LogP contribution is -2.41. The van der Waals surface area contributed by atoms with Crippen LogP contribution in [0.5, 0.6) is 0 Å². The molecule has 1 unspecified atom stereocenters. The molecule has 2 rings (SSSR count). The molecule has 1 aromatic heterocycles. The van der Waals surface area contributed by atoms with E-state index in [0.717, 1.165) is 9.13 Å². The fourth-order valence-electron chi connectivity index (χ4n) is 2.00. The van der Waals surface area contributed by atoms with E-state index in [1.54, 1.807) is 0 Å². The highest BCUT2D eigenvalue weighted by Crippen LogP contribution is 2.24. The van der Waals surface area contributed by atoms with E-state index in [9.17, 15) is 19.2 Å². The molecule has 96 valence electrons. The van der Waals surface area contributed by atoms with E-state index in [1.807, 2.05) is 0 Å². The standard InChI is InChI=1S/C10H12N4O4/c1-13-7(11)6(9(17)14(2)10(13)18)4-3-5(15)12-8(4)16/h4H,3,11H2,1-2H3,(H,12,15,16). The molecule has 1 aliphatic heterocycles. The van der Waals surface area contributed by atoms with Gasteiger partial charge >= 0.3 is 5.69 Å². The highest BCUT2D eigenvalue weighted by atomic mass is 16.2. The number of hydrogen-bond acceptors (Lipinski definition) is 5. The summed E-state index contributed by atoms with van der Waals surface area (Å²) in [4.78, 5) is 46.3. The summed E-state index contributed by atoms with van der Waals surface area (Å²) in [6.45, 7) is 0. The van der Waals surface area contributed by atoms with Crippen LogP contribution in [-0.2, 0) is 23.7 Å². The first kappa shape index (κ1) is 12.1. The number of carbonyl (C=O) groups excluding carboxylic acids is 2. The lowest BCUT2D eigenvalue weighted by atomic mass is 9.99. The number of hydrogen-bond donors (Lipinski definition) is 2. The van der Waals surface area contributed by atoms with E-state index in [-0.39, 0.29) is 17.8 Å². The van der Waals surface area contributed by atoms with Crippen LogP contribution in [0.1, 0.15) is 17.9 Å². The van der Waals surface area contributed by atoms with E-state index in [1.165, 1.54) is 14.1 Å². The van der Waals surface area contributed by atoms with E-state index < -0.39 is 29.0 Å². The maximum absolute atomic E-state index is 12.0. The maximum atomic E-state index is 12.0. The maximum Gasteiger partial charge on any atom is 0.332 e. The summed E-state index contributed by atoms with van der Waals surface area (Å²) in [6.07, 6.45) is -0.128. The van der Waals surface area contributed by atoms with E-state index in [0.29, 0.717) is 0 Å². The fraction of sp³-hybridized carbons (Fsp3) is 0.400. The van der Waals surface area contributed by atoms with Gasteiger partial charge in [0.2, 0.25) is 11.8 Å². The van der Waals surface area contributed by atoms with Gasteiger partial charge in [0.1, 0.15) is 5.82 Å². The highest BCUT2D eigenvalue weighted by Gasteiger charge is 2.36. The van der Waals surface area contributed by atoms with Crippen LogP contribution in [0, 0.1) is 0 Å². The van der Waals surface area contributed by atoms with Crippen molar-refractivity contribution in [3.05, 3.63) is 26.4 Å². The molecule has 18 heavy (non-hydrogen) atoms. The van der Waals surface area contributed by atoms with Gasteiger partial charge in [0.25, 0.3) is 5.56 Å². The van der Waals surface area contributed by atoms with Crippen LogP contribution < -0.4 is 22.3 Å². The summed E-state index contributed by atoms with van der Waals surface area (Å²) >= 11 is 0. The van der Waals surface area contributed by atoms with Crippen molar-refractivity contribution >= 4 is 17.6 Å². The largest absolute Gasteiger partial charge is 0.385 e. The predicted octanol–water partition coefficient (Wildman–Crippen LogP) is -2.20. The van der Waals surface area contributed by atoms with Crippen molar-refractivity contribution in [1.29, 1.82) is 0 Å². The molecule has 0 saturated carbocycles. The second-order valence-electron chi connectivity index (χ2n) is 4.17. The Hall–Kier alpha value is -2.38. The molecule has 0 spiro atoms. The molecule has 2 heterocycles. The highest BCUT2D eigenvalue weighted by molar-refractivity contribution is 6.06. The zero-order chi connectivity index (χ0) is 13.6. The Labute approximate surface area is 101 Å². The van der Waals surface area contributed by atoms with E-state index in [2.05, 4.69) is 5.32 Å². The molecular weight excluding hydrogens is 240 g/mol. The zero-order valence-electron chi connectivity index (χ0n) is 9.89. The summed E-state index contributed by atoms with van der Waals surface area (Å²) in [5.41, 5.74) is 4.46. The number of aromatic nitrogens is 2. The zero-order valence-corrected chi connectivity index (χ0v) is 9.89. The van der Waals surface area contributed by atoms with Crippen molar-refractivity contribution in [2.24, 2.45) is 14.1 Å². The van der Waals surface area contributed by atoms with Crippen LogP contribution in [0.15, 0.2) is 9.59 Å². The molecule has 1 fully saturated rings. The second kappa shape index (κ2) is 3.83. The summed E-state index contributed by atoms with van der Waals surface area (Å²) < 4.78 is 1.94. The summed E-state index contributed by atoms with van der Waals surface area (Å²) in [5, 5.41) is 2.10. The van der Waals surface area contributed by atoms with Crippen molar-refractivity contribution in [1.82, 2.24) is 14.5 Å². The van der Waals surface area contributed by atoms with Crippen molar-refractivity contribution in [2.45, 2.75) is 12.3 Å². The first-order valence-electron chi connectivity index (χ1n) is 5.23. The number of imide groups is 1. The third-order valence-electron chi connectivity index (χ3n) is 3.06. The first-order chi connectivity index (χ1) is 8.34. The summed E-state index contributed by atoms with van der Waals surface area (Å²) in [6, 6.07) is 0. The molecule has 0 aliphatic carbocycles. The van der Waals surface area contributed by atoms with Gasteiger partial charge in [-0.05, 0) is 0 Å². The lowest BCUT2D eigenvalue weighted by Gasteiger charge is -2.13. The first-order valence-corrected chi connectivity index (χ1v) is 5.23. The molecule has 1 aromatic rings. The third kappa shape index (κ3) is 1.53. The Kier molecular flexibility index (Phi) is 2.57. The molecule has 1 atom stereocenters. The number of anilines is 1. The predicted molar refractivity (Wildman–Crippen MR) is 61.8 cm³/mol. The topological polar surface area (TPSA) is 116 Å². The molecule has 0 bridgehead atoms. The Morgan fingerprint density at radius 1 is 1.17 bits per heavy atom. The summed E-state index contributed by atoms with van der Waals surface area (Å²) in [5.74, 6) is -2.04. The minimum absolute atomic E-state index is 0.0112. The number of amides is 2. The molecule has 8 nitrogen and oxygen atoms in total. The molecule has 2 amide bonds.